The highest BCUT2D eigenvalue weighted by Gasteiger charge is 2.07. The van der Waals surface area contributed by atoms with Crippen LogP contribution in [0.1, 0.15) is 36.0 Å². The first-order valence-corrected chi connectivity index (χ1v) is 7.30. The van der Waals surface area contributed by atoms with Crippen molar-refractivity contribution in [1.82, 2.24) is 4.98 Å². The number of hydrogen-bond acceptors (Lipinski definition) is 4. The Hall–Kier alpha value is -1.88. The Morgan fingerprint density at radius 1 is 1.45 bits per heavy atom. The van der Waals surface area contributed by atoms with E-state index in [-0.39, 0.29) is 6.42 Å². The fourth-order valence-electron chi connectivity index (χ4n) is 1.73. The van der Waals surface area contributed by atoms with Crippen LogP contribution in [0, 0.1) is 0 Å². The van der Waals surface area contributed by atoms with E-state index in [0.717, 1.165) is 16.3 Å². The van der Waals surface area contributed by atoms with Gasteiger partial charge in [0, 0.05) is 11.3 Å². The number of ether oxygens (including phenoxy) is 1. The Kier molecular flexibility index (Phi) is 4.74. The normalized spacial score (nSPS) is 10.8. The van der Waals surface area contributed by atoms with Crippen molar-refractivity contribution >= 4 is 17.3 Å². The summed E-state index contributed by atoms with van der Waals surface area (Å²) >= 11 is 1.64. The quantitative estimate of drug-likeness (QED) is 0.885. The summed E-state index contributed by atoms with van der Waals surface area (Å²) in [4.78, 5) is 15.2. The van der Waals surface area contributed by atoms with Crippen LogP contribution in [-0.4, -0.2) is 16.1 Å². The first-order chi connectivity index (χ1) is 9.54. The van der Waals surface area contributed by atoms with Gasteiger partial charge in [-0.1, -0.05) is 26.0 Å². The van der Waals surface area contributed by atoms with Gasteiger partial charge in [-0.25, -0.2) is 4.98 Å². The number of benzene rings is 1. The lowest BCUT2D eigenvalue weighted by molar-refractivity contribution is -0.136. The molecule has 1 N–H and O–H groups in total. The van der Waals surface area contributed by atoms with Crippen LogP contribution in [0.5, 0.6) is 5.75 Å². The van der Waals surface area contributed by atoms with Gasteiger partial charge < -0.3 is 9.84 Å². The van der Waals surface area contributed by atoms with E-state index in [4.69, 9.17) is 9.84 Å². The van der Waals surface area contributed by atoms with Crippen LogP contribution in [0.2, 0.25) is 0 Å². The van der Waals surface area contributed by atoms with Crippen LogP contribution >= 0.6 is 11.3 Å². The third kappa shape index (κ3) is 4.06. The van der Waals surface area contributed by atoms with Crippen LogP contribution in [0.15, 0.2) is 29.6 Å². The van der Waals surface area contributed by atoms with Gasteiger partial charge >= 0.3 is 5.97 Å². The fourth-order valence-corrected chi connectivity index (χ4v) is 2.55. The Balaban J connectivity index is 1.97. The van der Waals surface area contributed by atoms with Crippen LogP contribution in [-0.2, 0) is 17.8 Å². The number of carboxylic acid groups (broad SMARTS) is 1. The number of hydrogen-bond donors (Lipinski definition) is 1. The number of aliphatic carboxylic acids is 1. The highest BCUT2D eigenvalue weighted by molar-refractivity contribution is 7.09. The standard InChI is InChI=1S/C15H17NO3S/c1-10(2)15-16-12(9-20-15)8-19-13-5-3-4-11(6-13)7-14(17)18/h3-6,9-10H,7-8H2,1-2H3,(H,17,18). The molecule has 1 heterocycles. The molecule has 5 heteroatoms. The molecule has 0 bridgehead atoms. The van der Waals surface area contributed by atoms with Crippen LogP contribution < -0.4 is 4.74 Å². The minimum atomic E-state index is -0.844. The van der Waals surface area contributed by atoms with Gasteiger partial charge in [-0.3, -0.25) is 4.79 Å². The molecule has 0 aliphatic carbocycles. The molecule has 2 rings (SSSR count). The maximum absolute atomic E-state index is 10.7. The summed E-state index contributed by atoms with van der Waals surface area (Å²) in [6.07, 6.45) is 0.00536. The van der Waals surface area contributed by atoms with E-state index in [1.54, 1.807) is 29.5 Å². The van der Waals surface area contributed by atoms with Gasteiger partial charge in [-0.15, -0.1) is 11.3 Å². The molecule has 1 aromatic carbocycles. The van der Waals surface area contributed by atoms with Crippen molar-refractivity contribution in [3.63, 3.8) is 0 Å². The Morgan fingerprint density at radius 2 is 2.25 bits per heavy atom. The lowest BCUT2D eigenvalue weighted by Crippen LogP contribution is -2.01. The van der Waals surface area contributed by atoms with E-state index in [1.807, 2.05) is 11.4 Å². The number of thiazole rings is 1. The highest BCUT2D eigenvalue weighted by Crippen LogP contribution is 2.21. The average molecular weight is 291 g/mol. The average Bonchev–Trinajstić information content (AvgIpc) is 2.85. The van der Waals surface area contributed by atoms with Gasteiger partial charge in [0.05, 0.1) is 17.1 Å². The van der Waals surface area contributed by atoms with Crippen molar-refractivity contribution in [3.8, 4) is 5.75 Å². The topological polar surface area (TPSA) is 59.4 Å². The molecule has 2 aromatic rings. The lowest BCUT2D eigenvalue weighted by atomic mass is 10.1. The highest BCUT2D eigenvalue weighted by atomic mass is 32.1. The molecular weight excluding hydrogens is 274 g/mol. The zero-order chi connectivity index (χ0) is 14.5. The first-order valence-electron chi connectivity index (χ1n) is 6.42. The van der Waals surface area contributed by atoms with Crippen LogP contribution in [0.3, 0.4) is 0 Å². The SMILES string of the molecule is CC(C)c1nc(COc2cccc(CC(=O)O)c2)cs1. The maximum atomic E-state index is 10.7. The number of nitrogens with zero attached hydrogens (tertiary/aromatic N) is 1. The van der Waals surface area contributed by atoms with Gasteiger partial charge in [0.25, 0.3) is 0 Å². The van der Waals surface area contributed by atoms with Crippen molar-refractivity contribution in [2.45, 2.75) is 32.8 Å². The van der Waals surface area contributed by atoms with Gasteiger partial charge in [0.2, 0.25) is 0 Å². The Labute approximate surface area is 122 Å². The van der Waals surface area contributed by atoms with E-state index in [0.29, 0.717) is 18.3 Å². The molecule has 0 aliphatic heterocycles. The molecule has 0 spiro atoms. The van der Waals surface area contributed by atoms with Gasteiger partial charge in [-0.2, -0.15) is 0 Å². The van der Waals surface area contributed by atoms with E-state index in [2.05, 4.69) is 18.8 Å². The molecule has 0 fully saturated rings. The molecule has 0 saturated carbocycles. The van der Waals surface area contributed by atoms with Gasteiger partial charge in [0.1, 0.15) is 12.4 Å². The molecule has 106 valence electrons. The first kappa shape index (κ1) is 14.5. The zero-order valence-electron chi connectivity index (χ0n) is 11.5. The van der Waals surface area contributed by atoms with Crippen molar-refractivity contribution in [2.75, 3.05) is 0 Å². The third-order valence-electron chi connectivity index (χ3n) is 2.70. The second-order valence-electron chi connectivity index (χ2n) is 4.84. The van der Waals surface area contributed by atoms with Crippen molar-refractivity contribution < 1.29 is 14.6 Å². The number of aromatic nitrogens is 1. The van der Waals surface area contributed by atoms with Gasteiger partial charge in [-0.05, 0) is 17.7 Å². The number of rotatable bonds is 6. The van der Waals surface area contributed by atoms with Crippen molar-refractivity contribution in [2.24, 2.45) is 0 Å². The summed E-state index contributed by atoms with van der Waals surface area (Å²) in [5, 5.41) is 11.9. The second kappa shape index (κ2) is 6.52. The van der Waals surface area contributed by atoms with Crippen LogP contribution in [0.25, 0.3) is 0 Å². The molecule has 0 atom stereocenters. The van der Waals surface area contributed by atoms with Crippen molar-refractivity contribution in [1.29, 1.82) is 0 Å². The minimum Gasteiger partial charge on any atom is -0.487 e. The monoisotopic (exact) mass is 291 g/mol. The van der Waals surface area contributed by atoms with E-state index >= 15 is 0 Å². The molecule has 0 radical (unpaired) electrons. The smallest absolute Gasteiger partial charge is 0.307 e. The lowest BCUT2D eigenvalue weighted by Gasteiger charge is -2.06. The summed E-state index contributed by atoms with van der Waals surface area (Å²) in [6.45, 7) is 4.62. The largest absolute Gasteiger partial charge is 0.487 e. The predicted octanol–water partition coefficient (Wildman–Crippen LogP) is 3.47. The fraction of sp³-hybridized carbons (Fsp3) is 0.333. The maximum Gasteiger partial charge on any atom is 0.307 e. The molecule has 20 heavy (non-hydrogen) atoms. The molecule has 4 nitrogen and oxygen atoms in total. The molecule has 1 aromatic heterocycles. The third-order valence-corrected chi connectivity index (χ3v) is 3.90. The summed E-state index contributed by atoms with van der Waals surface area (Å²) in [5.74, 6) is 0.249. The summed E-state index contributed by atoms with van der Waals surface area (Å²) in [6, 6.07) is 7.15. The minimum absolute atomic E-state index is 0.00536. The number of carbonyl (C=O) groups is 1. The predicted molar refractivity (Wildman–Crippen MR) is 78.3 cm³/mol. The Morgan fingerprint density at radius 3 is 2.90 bits per heavy atom. The summed E-state index contributed by atoms with van der Waals surface area (Å²) in [5.41, 5.74) is 1.64. The summed E-state index contributed by atoms with van der Waals surface area (Å²) in [7, 11) is 0. The van der Waals surface area contributed by atoms with E-state index in [9.17, 15) is 4.79 Å². The zero-order valence-corrected chi connectivity index (χ0v) is 12.3. The molecule has 0 saturated heterocycles. The molecule has 0 unspecified atom stereocenters. The Bertz CT molecular complexity index is 592. The van der Waals surface area contributed by atoms with E-state index in [1.165, 1.54) is 0 Å². The summed E-state index contributed by atoms with van der Waals surface area (Å²) < 4.78 is 5.66. The van der Waals surface area contributed by atoms with Crippen LogP contribution in [0.4, 0.5) is 0 Å². The molecular formula is C15H17NO3S. The molecule has 0 aliphatic rings. The number of carboxylic acids is 1. The second-order valence-corrected chi connectivity index (χ2v) is 5.73. The van der Waals surface area contributed by atoms with Crippen molar-refractivity contribution in [3.05, 3.63) is 45.9 Å². The van der Waals surface area contributed by atoms with Gasteiger partial charge in [0.15, 0.2) is 0 Å². The van der Waals surface area contributed by atoms with E-state index < -0.39 is 5.97 Å². The molecule has 0 amide bonds.